The second-order valence-corrected chi connectivity index (χ2v) is 4.70. The Labute approximate surface area is 127 Å². The van der Waals surface area contributed by atoms with E-state index in [9.17, 15) is 0 Å². The van der Waals surface area contributed by atoms with Crippen LogP contribution in [0, 0.1) is 0 Å². The van der Waals surface area contributed by atoms with Gasteiger partial charge in [0, 0.05) is 5.56 Å². The predicted molar refractivity (Wildman–Crippen MR) is 82.3 cm³/mol. The highest BCUT2D eigenvalue weighted by atomic mass is 35.5. The van der Waals surface area contributed by atoms with Gasteiger partial charge < -0.3 is 4.74 Å². The quantitative estimate of drug-likeness (QED) is 0.736. The van der Waals surface area contributed by atoms with Gasteiger partial charge in [0.1, 0.15) is 0 Å². The molecule has 2 aromatic carbocycles. The molecule has 3 rings (SSSR count). The Balaban J connectivity index is 1.96. The summed E-state index contributed by atoms with van der Waals surface area (Å²) >= 11 is 5.86. The number of rotatable bonds is 3. The zero-order chi connectivity index (χ0) is 14.7. The number of ether oxygens (including phenoxy) is 1. The minimum absolute atomic E-state index is 0.115. The molecule has 0 radical (unpaired) electrons. The van der Waals surface area contributed by atoms with Gasteiger partial charge in [-0.3, -0.25) is 0 Å². The normalized spacial score (nSPS) is 10.4. The maximum atomic E-state index is 5.86. The number of methoxy groups -OCH3 is 1. The largest absolute Gasteiger partial charge is 0.467 e. The van der Waals surface area contributed by atoms with Gasteiger partial charge >= 0.3 is 6.01 Å². The predicted octanol–water partition coefficient (Wildman–Crippen LogP) is 3.87. The Morgan fingerprint density at radius 3 is 2.05 bits per heavy atom. The SMILES string of the molecule is COc1nc(Cl)nc(-c2ccc(-c3ccccc3)cc2)n1. The summed E-state index contributed by atoms with van der Waals surface area (Å²) in [6.07, 6.45) is 0. The van der Waals surface area contributed by atoms with E-state index in [0.29, 0.717) is 5.82 Å². The standard InChI is InChI=1S/C16H12ClN3O/c1-21-16-19-14(18-15(17)20-16)13-9-7-12(8-10-13)11-5-3-2-4-6-11/h2-10H,1H3. The lowest BCUT2D eigenvalue weighted by Gasteiger charge is -2.05. The van der Waals surface area contributed by atoms with Crippen LogP contribution in [0.15, 0.2) is 54.6 Å². The third-order valence-electron chi connectivity index (χ3n) is 3.02. The van der Waals surface area contributed by atoms with Gasteiger partial charge in [-0.1, -0.05) is 54.6 Å². The van der Waals surface area contributed by atoms with Crippen LogP contribution in [0.25, 0.3) is 22.5 Å². The topological polar surface area (TPSA) is 47.9 Å². The Bertz CT molecular complexity index is 745. The monoisotopic (exact) mass is 297 g/mol. The molecule has 0 aliphatic carbocycles. The molecule has 3 aromatic rings. The number of benzene rings is 2. The van der Waals surface area contributed by atoms with E-state index in [1.165, 1.54) is 7.11 Å². The molecular formula is C16H12ClN3O. The lowest BCUT2D eigenvalue weighted by Crippen LogP contribution is -1.97. The van der Waals surface area contributed by atoms with Crippen LogP contribution in [-0.4, -0.2) is 22.1 Å². The fourth-order valence-corrected chi connectivity index (χ4v) is 2.15. The number of aromatic nitrogens is 3. The molecule has 0 unspecified atom stereocenters. The van der Waals surface area contributed by atoms with E-state index >= 15 is 0 Å². The second kappa shape index (κ2) is 5.89. The van der Waals surface area contributed by atoms with Gasteiger partial charge in [0.25, 0.3) is 0 Å². The first-order chi connectivity index (χ1) is 10.3. The van der Waals surface area contributed by atoms with Crippen LogP contribution in [0.1, 0.15) is 0 Å². The molecule has 4 nitrogen and oxygen atoms in total. The molecule has 0 bridgehead atoms. The number of hydrogen-bond acceptors (Lipinski definition) is 4. The maximum absolute atomic E-state index is 5.86. The van der Waals surface area contributed by atoms with Gasteiger partial charge in [-0.05, 0) is 22.7 Å². The van der Waals surface area contributed by atoms with Gasteiger partial charge in [0.15, 0.2) is 5.82 Å². The molecule has 1 heterocycles. The molecule has 1 aromatic heterocycles. The van der Waals surface area contributed by atoms with Crippen molar-refractivity contribution in [2.45, 2.75) is 0 Å². The molecule has 0 atom stereocenters. The third-order valence-corrected chi connectivity index (χ3v) is 3.19. The van der Waals surface area contributed by atoms with Crippen LogP contribution in [0.4, 0.5) is 0 Å². The summed E-state index contributed by atoms with van der Waals surface area (Å²) in [6, 6.07) is 18.3. The molecule has 0 fully saturated rings. The average molecular weight is 298 g/mol. The van der Waals surface area contributed by atoms with Crippen molar-refractivity contribution in [3.8, 4) is 28.5 Å². The smallest absolute Gasteiger partial charge is 0.321 e. The summed E-state index contributed by atoms with van der Waals surface area (Å²) in [4.78, 5) is 12.2. The fraction of sp³-hybridized carbons (Fsp3) is 0.0625. The highest BCUT2D eigenvalue weighted by Gasteiger charge is 2.07. The number of hydrogen-bond donors (Lipinski definition) is 0. The lowest BCUT2D eigenvalue weighted by molar-refractivity contribution is 0.379. The Hall–Kier alpha value is -2.46. The van der Waals surface area contributed by atoms with Crippen molar-refractivity contribution in [3.05, 3.63) is 59.9 Å². The van der Waals surface area contributed by atoms with E-state index in [0.717, 1.165) is 16.7 Å². The van der Waals surface area contributed by atoms with Crippen molar-refractivity contribution >= 4 is 11.6 Å². The molecule has 0 spiro atoms. The van der Waals surface area contributed by atoms with Gasteiger partial charge in [-0.15, -0.1) is 0 Å². The molecule has 0 aliphatic rings. The van der Waals surface area contributed by atoms with Crippen molar-refractivity contribution in [2.75, 3.05) is 7.11 Å². The summed E-state index contributed by atoms with van der Waals surface area (Å²) in [6.45, 7) is 0. The second-order valence-electron chi connectivity index (χ2n) is 4.36. The molecule has 0 N–H and O–H groups in total. The minimum atomic E-state index is 0.115. The van der Waals surface area contributed by atoms with Crippen LogP contribution in [0.5, 0.6) is 6.01 Å². The van der Waals surface area contributed by atoms with Gasteiger partial charge in [0.05, 0.1) is 7.11 Å². The first-order valence-electron chi connectivity index (χ1n) is 6.38. The number of nitrogens with zero attached hydrogens (tertiary/aromatic N) is 3. The summed E-state index contributed by atoms with van der Waals surface area (Å²) in [5, 5.41) is 0.115. The fourth-order valence-electron chi connectivity index (χ4n) is 1.99. The number of halogens is 1. The molecule has 21 heavy (non-hydrogen) atoms. The molecule has 0 saturated heterocycles. The van der Waals surface area contributed by atoms with E-state index in [1.54, 1.807) is 0 Å². The van der Waals surface area contributed by atoms with Crippen molar-refractivity contribution in [1.82, 2.24) is 15.0 Å². The van der Waals surface area contributed by atoms with E-state index < -0.39 is 0 Å². The molecular weight excluding hydrogens is 286 g/mol. The first-order valence-corrected chi connectivity index (χ1v) is 6.75. The molecule has 5 heteroatoms. The highest BCUT2D eigenvalue weighted by molar-refractivity contribution is 6.28. The molecule has 0 amide bonds. The Morgan fingerprint density at radius 1 is 0.762 bits per heavy atom. The van der Waals surface area contributed by atoms with E-state index in [2.05, 4.69) is 27.1 Å². The summed E-state index contributed by atoms with van der Waals surface area (Å²) in [5.41, 5.74) is 3.15. The third kappa shape index (κ3) is 3.01. The van der Waals surface area contributed by atoms with Gasteiger partial charge in [-0.25, -0.2) is 0 Å². The first kappa shape index (κ1) is 13.5. The van der Waals surface area contributed by atoms with Crippen LogP contribution in [0.2, 0.25) is 5.28 Å². The molecule has 0 saturated carbocycles. The zero-order valence-electron chi connectivity index (χ0n) is 11.3. The summed E-state index contributed by atoms with van der Waals surface area (Å²) in [7, 11) is 1.49. The van der Waals surface area contributed by atoms with Crippen molar-refractivity contribution in [2.24, 2.45) is 0 Å². The zero-order valence-corrected chi connectivity index (χ0v) is 12.1. The highest BCUT2D eigenvalue weighted by Crippen LogP contribution is 2.24. The summed E-state index contributed by atoms with van der Waals surface area (Å²) in [5.74, 6) is 0.492. The van der Waals surface area contributed by atoms with Crippen molar-refractivity contribution in [3.63, 3.8) is 0 Å². The summed E-state index contributed by atoms with van der Waals surface area (Å²) < 4.78 is 5.00. The molecule has 104 valence electrons. The Kier molecular flexibility index (Phi) is 3.79. The lowest BCUT2D eigenvalue weighted by atomic mass is 10.0. The van der Waals surface area contributed by atoms with Crippen molar-refractivity contribution < 1.29 is 4.74 Å². The Morgan fingerprint density at radius 2 is 1.38 bits per heavy atom. The van der Waals surface area contributed by atoms with Crippen molar-refractivity contribution in [1.29, 1.82) is 0 Å². The van der Waals surface area contributed by atoms with Gasteiger partial charge in [0.2, 0.25) is 5.28 Å². The maximum Gasteiger partial charge on any atom is 0.321 e. The van der Waals surface area contributed by atoms with Crippen LogP contribution >= 0.6 is 11.6 Å². The van der Waals surface area contributed by atoms with E-state index in [4.69, 9.17) is 16.3 Å². The minimum Gasteiger partial charge on any atom is -0.467 e. The van der Waals surface area contributed by atoms with Gasteiger partial charge in [-0.2, -0.15) is 15.0 Å². The molecule has 0 aliphatic heterocycles. The van der Waals surface area contributed by atoms with Crippen LogP contribution < -0.4 is 4.74 Å². The average Bonchev–Trinajstić information content (AvgIpc) is 2.55. The van der Waals surface area contributed by atoms with E-state index in [1.807, 2.05) is 42.5 Å². The van der Waals surface area contributed by atoms with Crippen LogP contribution in [0.3, 0.4) is 0 Å². The van der Waals surface area contributed by atoms with Crippen LogP contribution in [-0.2, 0) is 0 Å². The van der Waals surface area contributed by atoms with E-state index in [-0.39, 0.29) is 11.3 Å².